The molecule has 1 aliphatic rings. The van der Waals surface area contributed by atoms with Gasteiger partial charge in [-0.25, -0.2) is 4.79 Å². The van der Waals surface area contributed by atoms with E-state index in [1.54, 1.807) is 4.90 Å². The lowest BCUT2D eigenvalue weighted by molar-refractivity contribution is 0.0239. The van der Waals surface area contributed by atoms with Crippen LogP contribution in [-0.2, 0) is 9.47 Å². The largest absolute Gasteiger partial charge is 0.490 e. The fourth-order valence-electron chi connectivity index (χ4n) is 1.64. The maximum Gasteiger partial charge on any atom is 0.410 e. The molecule has 1 saturated heterocycles. The van der Waals surface area contributed by atoms with E-state index in [4.69, 9.17) is 14.2 Å². The highest BCUT2D eigenvalue weighted by molar-refractivity contribution is 5.67. The Balaban J connectivity index is 1.61. The number of morpholine rings is 1. The molecule has 1 fully saturated rings. The smallest absolute Gasteiger partial charge is 0.410 e. The van der Waals surface area contributed by atoms with E-state index in [0.717, 1.165) is 5.75 Å². The third kappa shape index (κ3) is 3.92. The van der Waals surface area contributed by atoms with Gasteiger partial charge >= 0.3 is 6.09 Å². The van der Waals surface area contributed by atoms with E-state index in [9.17, 15) is 4.79 Å². The van der Waals surface area contributed by atoms with Crippen molar-refractivity contribution in [1.82, 2.24) is 4.90 Å². The zero-order chi connectivity index (χ0) is 12.6. The van der Waals surface area contributed by atoms with Gasteiger partial charge in [-0.2, -0.15) is 0 Å². The van der Waals surface area contributed by atoms with Crippen LogP contribution in [0.1, 0.15) is 0 Å². The number of carbonyl (C=O) groups excluding carboxylic acids is 1. The Morgan fingerprint density at radius 1 is 1.17 bits per heavy atom. The first-order valence-corrected chi connectivity index (χ1v) is 6.03. The summed E-state index contributed by atoms with van der Waals surface area (Å²) in [6, 6.07) is 9.45. The fraction of sp³-hybridized carbons (Fsp3) is 0.462. The van der Waals surface area contributed by atoms with Gasteiger partial charge in [0.2, 0.25) is 0 Å². The molecule has 0 aromatic heterocycles. The summed E-state index contributed by atoms with van der Waals surface area (Å²) in [6.07, 6.45) is -0.296. The zero-order valence-electron chi connectivity index (χ0n) is 10.2. The second kappa shape index (κ2) is 6.86. The van der Waals surface area contributed by atoms with Crippen molar-refractivity contribution in [2.24, 2.45) is 0 Å². The Labute approximate surface area is 106 Å². The van der Waals surface area contributed by atoms with Crippen molar-refractivity contribution in [2.75, 3.05) is 39.5 Å². The number of para-hydroxylation sites is 1. The van der Waals surface area contributed by atoms with Gasteiger partial charge in [-0.15, -0.1) is 0 Å². The molecule has 0 saturated carbocycles. The van der Waals surface area contributed by atoms with Crippen molar-refractivity contribution in [3.63, 3.8) is 0 Å². The molecule has 5 nitrogen and oxygen atoms in total. The van der Waals surface area contributed by atoms with Gasteiger partial charge in [-0.1, -0.05) is 18.2 Å². The topological polar surface area (TPSA) is 48.0 Å². The van der Waals surface area contributed by atoms with Gasteiger partial charge in [0, 0.05) is 13.1 Å². The zero-order valence-corrected chi connectivity index (χ0v) is 10.2. The highest BCUT2D eigenvalue weighted by Crippen LogP contribution is 2.07. The van der Waals surface area contributed by atoms with Gasteiger partial charge in [0.1, 0.15) is 19.0 Å². The van der Waals surface area contributed by atoms with Crippen LogP contribution in [0.5, 0.6) is 5.75 Å². The van der Waals surface area contributed by atoms with Crippen LogP contribution in [0.2, 0.25) is 0 Å². The first-order valence-electron chi connectivity index (χ1n) is 6.03. The number of nitrogens with zero attached hydrogens (tertiary/aromatic N) is 1. The summed E-state index contributed by atoms with van der Waals surface area (Å²) >= 11 is 0. The highest BCUT2D eigenvalue weighted by atomic mass is 16.6. The molecule has 98 valence electrons. The Kier molecular flexibility index (Phi) is 4.84. The predicted molar refractivity (Wildman–Crippen MR) is 65.7 cm³/mol. The minimum atomic E-state index is -0.296. The number of amides is 1. The minimum absolute atomic E-state index is 0.255. The monoisotopic (exact) mass is 251 g/mol. The van der Waals surface area contributed by atoms with Gasteiger partial charge < -0.3 is 19.1 Å². The molecule has 5 heteroatoms. The van der Waals surface area contributed by atoms with E-state index in [0.29, 0.717) is 32.9 Å². The summed E-state index contributed by atoms with van der Waals surface area (Å²) in [5.41, 5.74) is 0. The van der Waals surface area contributed by atoms with Gasteiger partial charge in [0.05, 0.1) is 13.2 Å². The molecule has 1 aliphatic heterocycles. The molecule has 2 rings (SSSR count). The van der Waals surface area contributed by atoms with Gasteiger partial charge in [-0.05, 0) is 12.1 Å². The average Bonchev–Trinajstić information content (AvgIpc) is 2.45. The first-order chi connectivity index (χ1) is 8.86. The van der Waals surface area contributed by atoms with E-state index < -0.39 is 0 Å². The van der Waals surface area contributed by atoms with E-state index in [1.165, 1.54) is 0 Å². The average molecular weight is 251 g/mol. The van der Waals surface area contributed by atoms with E-state index >= 15 is 0 Å². The third-order valence-corrected chi connectivity index (χ3v) is 2.59. The number of carbonyl (C=O) groups is 1. The molecule has 18 heavy (non-hydrogen) atoms. The van der Waals surface area contributed by atoms with E-state index in [1.807, 2.05) is 30.3 Å². The van der Waals surface area contributed by atoms with Gasteiger partial charge in [0.15, 0.2) is 0 Å². The molecule has 1 amide bonds. The first kappa shape index (κ1) is 12.7. The molecule has 0 bridgehead atoms. The predicted octanol–water partition coefficient (Wildman–Crippen LogP) is 1.53. The molecule has 0 aliphatic carbocycles. The fourth-order valence-corrected chi connectivity index (χ4v) is 1.64. The van der Waals surface area contributed by atoms with Crippen molar-refractivity contribution in [3.05, 3.63) is 30.3 Å². The summed E-state index contributed by atoms with van der Waals surface area (Å²) in [5, 5.41) is 0. The lowest BCUT2D eigenvalue weighted by atomic mass is 10.3. The molecule has 0 spiro atoms. The molecule has 0 N–H and O–H groups in total. The van der Waals surface area contributed by atoms with Crippen molar-refractivity contribution in [1.29, 1.82) is 0 Å². The van der Waals surface area contributed by atoms with Crippen LogP contribution in [0.4, 0.5) is 4.79 Å². The van der Waals surface area contributed by atoms with Gasteiger partial charge in [0.25, 0.3) is 0 Å². The minimum Gasteiger partial charge on any atom is -0.490 e. The van der Waals surface area contributed by atoms with Crippen molar-refractivity contribution < 1.29 is 19.0 Å². The maximum atomic E-state index is 11.6. The van der Waals surface area contributed by atoms with Crippen LogP contribution in [0, 0.1) is 0 Å². The number of hydrogen-bond donors (Lipinski definition) is 0. The molecule has 0 unspecified atom stereocenters. The summed E-state index contributed by atoms with van der Waals surface area (Å²) in [6.45, 7) is 2.97. The number of rotatable bonds is 4. The van der Waals surface area contributed by atoms with Crippen molar-refractivity contribution in [3.8, 4) is 5.75 Å². The van der Waals surface area contributed by atoms with Crippen LogP contribution < -0.4 is 4.74 Å². The van der Waals surface area contributed by atoms with E-state index in [2.05, 4.69) is 0 Å². The maximum absolute atomic E-state index is 11.6. The molecular weight excluding hydrogens is 234 g/mol. The second-order valence-electron chi connectivity index (χ2n) is 3.88. The molecule has 0 atom stereocenters. The Morgan fingerprint density at radius 2 is 1.89 bits per heavy atom. The van der Waals surface area contributed by atoms with Crippen LogP contribution in [-0.4, -0.2) is 50.5 Å². The molecule has 1 heterocycles. The molecular formula is C13H17NO4. The summed E-state index contributed by atoms with van der Waals surface area (Å²) in [4.78, 5) is 13.2. The van der Waals surface area contributed by atoms with Crippen molar-refractivity contribution >= 4 is 6.09 Å². The Bertz CT molecular complexity index is 363. The SMILES string of the molecule is O=C(OCCOc1ccccc1)N1CCOCC1. The van der Waals surface area contributed by atoms with E-state index in [-0.39, 0.29) is 12.7 Å². The number of ether oxygens (including phenoxy) is 3. The number of benzene rings is 1. The van der Waals surface area contributed by atoms with Crippen LogP contribution in [0.25, 0.3) is 0 Å². The number of hydrogen-bond acceptors (Lipinski definition) is 4. The summed E-state index contributed by atoms with van der Waals surface area (Å²) in [7, 11) is 0. The summed E-state index contributed by atoms with van der Waals surface area (Å²) < 4.78 is 15.7. The Hall–Kier alpha value is -1.75. The third-order valence-electron chi connectivity index (χ3n) is 2.59. The molecule has 0 radical (unpaired) electrons. The molecule has 1 aromatic rings. The van der Waals surface area contributed by atoms with Crippen LogP contribution in [0.3, 0.4) is 0 Å². The lowest BCUT2D eigenvalue weighted by Crippen LogP contribution is -2.41. The second-order valence-corrected chi connectivity index (χ2v) is 3.88. The normalized spacial score (nSPS) is 15.2. The lowest BCUT2D eigenvalue weighted by Gasteiger charge is -2.25. The van der Waals surface area contributed by atoms with Crippen LogP contribution in [0.15, 0.2) is 30.3 Å². The summed E-state index contributed by atoms with van der Waals surface area (Å²) in [5.74, 6) is 0.778. The van der Waals surface area contributed by atoms with Crippen LogP contribution >= 0.6 is 0 Å². The standard InChI is InChI=1S/C13H17NO4/c15-13(14-6-8-16-9-7-14)18-11-10-17-12-4-2-1-3-5-12/h1-5H,6-11H2. The Morgan fingerprint density at radius 3 is 2.61 bits per heavy atom. The molecule has 1 aromatic carbocycles. The highest BCUT2D eigenvalue weighted by Gasteiger charge is 2.17. The van der Waals surface area contributed by atoms with Gasteiger partial charge in [-0.3, -0.25) is 0 Å². The van der Waals surface area contributed by atoms with Crippen molar-refractivity contribution in [2.45, 2.75) is 0 Å². The quantitative estimate of drug-likeness (QED) is 0.761.